The van der Waals surface area contributed by atoms with Gasteiger partial charge in [0.05, 0.1) is 5.71 Å². The van der Waals surface area contributed by atoms with Gasteiger partial charge in [-0.05, 0) is 18.3 Å². The molecule has 96 valence electrons. The van der Waals surface area contributed by atoms with Crippen LogP contribution in [0.25, 0.3) is 0 Å². The summed E-state index contributed by atoms with van der Waals surface area (Å²) in [5, 5.41) is 0. The zero-order valence-corrected chi connectivity index (χ0v) is 10.2. The molecule has 0 aromatic rings. The number of hydrogen-bond acceptors (Lipinski definition) is 2. The van der Waals surface area contributed by atoms with Crippen LogP contribution in [0.3, 0.4) is 0 Å². The highest BCUT2D eigenvalue weighted by Gasteiger charge is 2.65. The number of Topliss-reactive ketones (excluding diaryl/α,β-unsaturated/α-hetero) is 1. The van der Waals surface area contributed by atoms with E-state index in [2.05, 4.69) is 4.99 Å². The van der Waals surface area contributed by atoms with Gasteiger partial charge in [0.2, 0.25) is 0 Å². The lowest BCUT2D eigenvalue weighted by Crippen LogP contribution is -2.33. The lowest BCUT2D eigenvalue weighted by molar-refractivity contribution is -0.123. The minimum absolute atomic E-state index is 0.109. The van der Waals surface area contributed by atoms with E-state index in [0.29, 0.717) is 0 Å². The zero-order valence-electron chi connectivity index (χ0n) is 10.2. The maximum atomic E-state index is 12.1. The number of aliphatic imine (C=N–C) groups is 1. The fraction of sp³-hybridized carbons (Fsp3) is 0.833. The second-order valence-electron chi connectivity index (χ2n) is 5.79. The highest BCUT2D eigenvalue weighted by Crippen LogP contribution is 2.62. The summed E-state index contributed by atoms with van der Waals surface area (Å²) >= 11 is 0. The molecule has 0 aromatic carbocycles. The fourth-order valence-electron chi connectivity index (χ4n) is 3.18. The zero-order chi connectivity index (χ0) is 13.1. The number of nitrogens with zero attached hydrogens (tertiary/aromatic N) is 1. The first-order chi connectivity index (χ1) is 7.59. The average molecular weight is 247 g/mol. The van der Waals surface area contributed by atoms with Crippen molar-refractivity contribution in [3.05, 3.63) is 0 Å². The molecule has 0 amide bonds. The van der Waals surface area contributed by atoms with E-state index in [9.17, 15) is 18.0 Å². The first kappa shape index (κ1) is 12.6. The normalized spacial score (nSPS) is 38.1. The van der Waals surface area contributed by atoms with E-state index in [1.807, 2.05) is 20.8 Å². The highest BCUT2D eigenvalue weighted by atomic mass is 19.4. The van der Waals surface area contributed by atoms with Crippen LogP contribution in [0.1, 0.15) is 33.6 Å². The van der Waals surface area contributed by atoms with E-state index in [1.54, 1.807) is 0 Å². The second-order valence-corrected chi connectivity index (χ2v) is 5.79. The van der Waals surface area contributed by atoms with Gasteiger partial charge >= 0.3 is 6.18 Å². The van der Waals surface area contributed by atoms with Crippen molar-refractivity contribution < 1.29 is 18.0 Å². The molecule has 0 heterocycles. The van der Waals surface area contributed by atoms with Crippen LogP contribution in [0.4, 0.5) is 13.2 Å². The van der Waals surface area contributed by atoms with Gasteiger partial charge in [0, 0.05) is 11.3 Å². The van der Waals surface area contributed by atoms with Crippen molar-refractivity contribution in [2.24, 2.45) is 21.7 Å². The molecule has 0 N–H and O–H groups in total. The maximum absolute atomic E-state index is 12.1. The van der Waals surface area contributed by atoms with Crippen LogP contribution in [-0.2, 0) is 4.79 Å². The van der Waals surface area contributed by atoms with Crippen molar-refractivity contribution in [1.29, 1.82) is 0 Å². The van der Waals surface area contributed by atoms with E-state index < -0.39 is 18.1 Å². The van der Waals surface area contributed by atoms with Crippen molar-refractivity contribution in [2.75, 3.05) is 6.54 Å². The van der Waals surface area contributed by atoms with Gasteiger partial charge < -0.3 is 0 Å². The molecular formula is C12H16F3NO. The quantitative estimate of drug-likeness (QED) is 0.700. The van der Waals surface area contributed by atoms with Crippen LogP contribution in [0.15, 0.2) is 4.99 Å². The van der Waals surface area contributed by atoms with E-state index in [0.717, 1.165) is 12.8 Å². The molecule has 2 bridgehead atoms. The smallest absolute Gasteiger partial charge is 0.292 e. The van der Waals surface area contributed by atoms with Crippen LogP contribution >= 0.6 is 0 Å². The van der Waals surface area contributed by atoms with E-state index in [1.165, 1.54) is 0 Å². The van der Waals surface area contributed by atoms with E-state index in [4.69, 9.17) is 0 Å². The number of hydrogen-bond donors (Lipinski definition) is 0. The van der Waals surface area contributed by atoms with E-state index >= 15 is 0 Å². The summed E-state index contributed by atoms with van der Waals surface area (Å²) in [6.07, 6.45) is -2.80. The molecule has 0 aromatic heterocycles. The largest absolute Gasteiger partial charge is 0.407 e. The maximum Gasteiger partial charge on any atom is 0.407 e. The average Bonchev–Trinajstić information content (AvgIpc) is 2.46. The van der Waals surface area contributed by atoms with Crippen molar-refractivity contribution in [3.8, 4) is 0 Å². The summed E-state index contributed by atoms with van der Waals surface area (Å²) in [7, 11) is 0. The molecule has 2 saturated carbocycles. The van der Waals surface area contributed by atoms with Crippen LogP contribution < -0.4 is 0 Å². The summed E-state index contributed by atoms with van der Waals surface area (Å²) in [5.74, 6) is -0.287. The lowest BCUT2D eigenvalue weighted by atomic mass is 9.70. The third kappa shape index (κ3) is 1.62. The summed E-state index contributed by atoms with van der Waals surface area (Å²) < 4.78 is 36.4. The summed E-state index contributed by atoms with van der Waals surface area (Å²) in [6, 6.07) is 0. The van der Waals surface area contributed by atoms with Gasteiger partial charge in [-0.1, -0.05) is 20.8 Å². The first-order valence-corrected chi connectivity index (χ1v) is 5.75. The summed E-state index contributed by atoms with van der Waals surface area (Å²) in [5.41, 5.74) is -0.627. The Morgan fingerprint density at radius 1 is 1.35 bits per heavy atom. The Balaban J connectivity index is 2.32. The third-order valence-electron chi connectivity index (χ3n) is 4.72. The minimum Gasteiger partial charge on any atom is -0.292 e. The molecule has 2 fully saturated rings. The van der Waals surface area contributed by atoms with Gasteiger partial charge in [-0.25, -0.2) is 0 Å². The van der Waals surface area contributed by atoms with Crippen LogP contribution in [-0.4, -0.2) is 24.2 Å². The molecule has 0 aliphatic heterocycles. The van der Waals surface area contributed by atoms with Gasteiger partial charge in [-0.3, -0.25) is 9.79 Å². The molecule has 2 atom stereocenters. The Bertz CT molecular complexity index is 397. The monoisotopic (exact) mass is 247 g/mol. The molecular weight excluding hydrogens is 231 g/mol. The molecule has 2 nitrogen and oxygen atoms in total. The lowest BCUT2D eigenvalue weighted by Gasteiger charge is -2.31. The van der Waals surface area contributed by atoms with Gasteiger partial charge in [-0.2, -0.15) is 13.2 Å². The standard InChI is InChI=1S/C12H16F3NO/c1-10(2)7-4-5-11(10,3)9(17)8(7)16-6-12(13,14)15/h7H,4-6H2,1-3H3. The van der Waals surface area contributed by atoms with Crippen molar-refractivity contribution in [2.45, 2.75) is 39.8 Å². The first-order valence-electron chi connectivity index (χ1n) is 5.75. The van der Waals surface area contributed by atoms with Crippen LogP contribution in [0.5, 0.6) is 0 Å². The molecule has 2 unspecified atom stereocenters. The van der Waals surface area contributed by atoms with Gasteiger partial charge in [0.1, 0.15) is 6.54 Å². The van der Waals surface area contributed by atoms with Gasteiger partial charge in [-0.15, -0.1) is 0 Å². The molecule has 2 aliphatic rings. The number of halogens is 3. The van der Waals surface area contributed by atoms with Gasteiger partial charge in [0.15, 0.2) is 5.78 Å². The Hall–Kier alpha value is -0.870. The predicted molar refractivity (Wildman–Crippen MR) is 58.0 cm³/mol. The van der Waals surface area contributed by atoms with E-state index in [-0.39, 0.29) is 22.8 Å². The third-order valence-corrected chi connectivity index (χ3v) is 4.72. The topological polar surface area (TPSA) is 29.4 Å². The Kier molecular flexibility index (Phi) is 2.46. The van der Waals surface area contributed by atoms with Crippen molar-refractivity contribution in [1.82, 2.24) is 0 Å². The van der Waals surface area contributed by atoms with Crippen molar-refractivity contribution >= 4 is 11.5 Å². The number of carbonyl (C=O) groups is 1. The molecule has 0 saturated heterocycles. The number of alkyl halides is 3. The molecule has 0 spiro atoms. The molecule has 2 rings (SSSR count). The number of carbonyl (C=O) groups excluding carboxylic acids is 1. The number of rotatable bonds is 1. The molecule has 2 aliphatic carbocycles. The highest BCUT2D eigenvalue weighted by molar-refractivity contribution is 6.45. The predicted octanol–water partition coefficient (Wildman–Crippen LogP) is 3.01. The minimum atomic E-state index is -4.33. The number of fused-ring (bicyclic) bond motifs is 2. The van der Waals surface area contributed by atoms with Gasteiger partial charge in [0.25, 0.3) is 0 Å². The molecule has 0 radical (unpaired) electrons. The summed E-state index contributed by atoms with van der Waals surface area (Å²) in [6.45, 7) is 4.53. The fourth-order valence-corrected chi connectivity index (χ4v) is 3.18. The SMILES string of the molecule is CC12CCC(C(=NCC(F)(F)F)C1=O)C2(C)C. The molecule has 5 heteroatoms. The Labute approximate surface area is 98.3 Å². The Morgan fingerprint density at radius 3 is 2.35 bits per heavy atom. The second kappa shape index (κ2) is 3.33. The van der Waals surface area contributed by atoms with Crippen molar-refractivity contribution in [3.63, 3.8) is 0 Å². The number of ketones is 1. The Morgan fingerprint density at radius 2 is 1.94 bits per heavy atom. The van der Waals surface area contributed by atoms with Crippen LogP contribution in [0, 0.1) is 16.7 Å². The summed E-state index contributed by atoms with van der Waals surface area (Å²) in [4.78, 5) is 15.7. The molecule has 17 heavy (non-hydrogen) atoms. The van der Waals surface area contributed by atoms with Crippen LogP contribution in [0.2, 0.25) is 0 Å².